The summed E-state index contributed by atoms with van der Waals surface area (Å²) in [7, 11) is 0. The average molecular weight is 264 g/mol. The molecule has 0 unspecified atom stereocenters. The van der Waals surface area contributed by atoms with Gasteiger partial charge in [-0.15, -0.1) is 0 Å². The summed E-state index contributed by atoms with van der Waals surface area (Å²) in [5, 5.41) is 0. The number of carbonyl (C=O) groups excluding carboxylic acids is 1. The van der Waals surface area contributed by atoms with Gasteiger partial charge in [-0.25, -0.2) is 0 Å². The van der Waals surface area contributed by atoms with Crippen LogP contribution in [0.25, 0.3) is 0 Å². The van der Waals surface area contributed by atoms with Crippen molar-refractivity contribution in [2.75, 3.05) is 0 Å². The Balaban J connectivity index is 0.00000169. The molecule has 0 N–H and O–H groups in total. The van der Waals surface area contributed by atoms with E-state index in [1.54, 1.807) is 6.92 Å². The van der Waals surface area contributed by atoms with Gasteiger partial charge in [0.1, 0.15) is 5.78 Å². The second kappa shape index (κ2) is 6.47. The van der Waals surface area contributed by atoms with E-state index in [4.69, 9.17) is 0 Å². The molecular formula is C12H15OY+2. The van der Waals surface area contributed by atoms with Crippen LogP contribution in [0.2, 0.25) is 0 Å². The van der Waals surface area contributed by atoms with Crippen LogP contribution in [0.5, 0.6) is 0 Å². The zero-order valence-corrected chi connectivity index (χ0v) is 11.9. The molecule has 0 heterocycles. The molecule has 1 aromatic carbocycles. The van der Waals surface area contributed by atoms with Crippen LogP contribution in [0.3, 0.4) is 0 Å². The molecule has 1 aromatic rings. The van der Waals surface area contributed by atoms with Crippen LogP contribution in [-0.4, -0.2) is 5.78 Å². The molecule has 0 radical (unpaired) electrons. The van der Waals surface area contributed by atoms with Crippen LogP contribution in [0.15, 0.2) is 12.1 Å². The van der Waals surface area contributed by atoms with Gasteiger partial charge in [-0.3, -0.25) is 0 Å². The Kier molecular flexibility index (Phi) is 6.47. The summed E-state index contributed by atoms with van der Waals surface area (Å²) in [5.41, 5.74) is 3.54. The van der Waals surface area contributed by atoms with E-state index >= 15 is 0 Å². The van der Waals surface area contributed by atoms with Crippen LogP contribution in [0.1, 0.15) is 30.0 Å². The second-order valence-electron chi connectivity index (χ2n) is 3.56. The Morgan fingerprint density at radius 1 is 1.29 bits per heavy atom. The van der Waals surface area contributed by atoms with Gasteiger partial charge in [-0.1, -0.05) is 13.8 Å². The smallest absolute Gasteiger partial charge is 0.300 e. The van der Waals surface area contributed by atoms with Crippen LogP contribution < -0.4 is 0 Å². The number of ketones is 1. The standard InChI is InChI=1S/C12H15O.Y/c1-9-6-10(2)8-12(7-9)5-4-11(3)13;/h7-8H,4-5H2,1-3H3;/q-1;+3. The fraction of sp³-hybridized carbons (Fsp3) is 0.417. The first-order chi connectivity index (χ1) is 6.08. The van der Waals surface area contributed by atoms with Crippen molar-refractivity contribution in [1.29, 1.82) is 0 Å². The summed E-state index contributed by atoms with van der Waals surface area (Å²) in [6.45, 7) is 5.70. The monoisotopic (exact) mass is 264 g/mol. The molecule has 0 aromatic heterocycles. The van der Waals surface area contributed by atoms with Gasteiger partial charge in [0.2, 0.25) is 0 Å². The molecule has 70 valence electrons. The zero-order valence-electron chi connectivity index (χ0n) is 9.05. The molecular weight excluding hydrogens is 249 g/mol. The quantitative estimate of drug-likeness (QED) is 0.767. The summed E-state index contributed by atoms with van der Waals surface area (Å²) in [4.78, 5) is 10.8. The van der Waals surface area contributed by atoms with Crippen LogP contribution in [0, 0.1) is 19.9 Å². The van der Waals surface area contributed by atoms with E-state index in [2.05, 4.69) is 18.2 Å². The van der Waals surface area contributed by atoms with Gasteiger partial charge < -0.3 is 4.79 Å². The van der Waals surface area contributed by atoms with E-state index in [0.29, 0.717) is 6.42 Å². The minimum Gasteiger partial charge on any atom is -0.300 e. The van der Waals surface area contributed by atoms with Crippen molar-refractivity contribution >= 4 is 5.78 Å². The molecule has 0 fully saturated rings. The van der Waals surface area contributed by atoms with E-state index in [1.165, 1.54) is 5.56 Å². The van der Waals surface area contributed by atoms with Gasteiger partial charge in [0.25, 0.3) is 0 Å². The number of rotatable bonds is 3. The molecule has 0 saturated carbocycles. The molecule has 0 atom stereocenters. The van der Waals surface area contributed by atoms with Gasteiger partial charge in [-0.2, -0.15) is 34.9 Å². The maximum Gasteiger partial charge on any atom is 3.00 e. The van der Waals surface area contributed by atoms with Crippen LogP contribution >= 0.6 is 0 Å². The molecule has 1 nitrogen and oxygen atoms in total. The normalized spacial score (nSPS) is 9.36. The van der Waals surface area contributed by atoms with Crippen LogP contribution in [0.4, 0.5) is 0 Å². The number of hydrogen-bond acceptors (Lipinski definition) is 1. The fourth-order valence-electron chi connectivity index (χ4n) is 1.45. The Morgan fingerprint density at radius 2 is 1.79 bits per heavy atom. The number of Topliss-reactive ketones (excluding diaryl/α,β-unsaturated/α-hetero) is 1. The van der Waals surface area contributed by atoms with Crippen molar-refractivity contribution in [3.05, 3.63) is 34.9 Å². The minimum atomic E-state index is 0. The Hall–Kier alpha value is -0.00610. The molecule has 0 bridgehead atoms. The van der Waals surface area contributed by atoms with Crippen molar-refractivity contribution in [2.24, 2.45) is 0 Å². The second-order valence-corrected chi connectivity index (χ2v) is 3.56. The summed E-state index contributed by atoms with van der Waals surface area (Å²) >= 11 is 0. The van der Waals surface area contributed by atoms with E-state index in [0.717, 1.165) is 17.5 Å². The Labute approximate surface area is 111 Å². The molecule has 0 aliphatic carbocycles. The first kappa shape index (κ1) is 14.0. The predicted octanol–water partition coefficient (Wildman–Crippen LogP) is 2.62. The van der Waals surface area contributed by atoms with E-state index in [-0.39, 0.29) is 38.5 Å². The maximum absolute atomic E-state index is 10.8. The summed E-state index contributed by atoms with van der Waals surface area (Å²) in [6.07, 6.45) is 1.49. The van der Waals surface area contributed by atoms with Gasteiger partial charge in [0.05, 0.1) is 0 Å². The molecule has 0 amide bonds. The summed E-state index contributed by atoms with van der Waals surface area (Å²) < 4.78 is 0. The SMILES string of the molecule is CC(=O)CCc1cc(C)[c-]c(C)c1.[Y+3]. The third kappa shape index (κ3) is 5.02. The van der Waals surface area contributed by atoms with E-state index < -0.39 is 0 Å². The van der Waals surface area contributed by atoms with Gasteiger partial charge in [-0.05, 0) is 13.3 Å². The number of aryl methyl sites for hydroxylation is 3. The van der Waals surface area contributed by atoms with Crippen molar-refractivity contribution in [2.45, 2.75) is 33.6 Å². The molecule has 0 spiro atoms. The molecule has 0 aliphatic heterocycles. The molecule has 0 saturated heterocycles. The molecule has 2 heteroatoms. The average Bonchev–Trinajstić information content (AvgIpc) is 1.99. The topological polar surface area (TPSA) is 17.1 Å². The third-order valence-electron chi connectivity index (χ3n) is 1.96. The van der Waals surface area contributed by atoms with E-state index in [1.807, 2.05) is 13.8 Å². The largest absolute Gasteiger partial charge is 3.00 e. The number of hydrogen-bond donors (Lipinski definition) is 0. The minimum absolute atomic E-state index is 0. The van der Waals surface area contributed by atoms with Crippen LogP contribution in [-0.2, 0) is 43.9 Å². The van der Waals surface area contributed by atoms with E-state index in [9.17, 15) is 4.79 Å². The predicted molar refractivity (Wildman–Crippen MR) is 53.8 cm³/mol. The van der Waals surface area contributed by atoms with Crippen molar-refractivity contribution in [1.82, 2.24) is 0 Å². The van der Waals surface area contributed by atoms with Gasteiger partial charge >= 0.3 is 32.7 Å². The molecule has 14 heavy (non-hydrogen) atoms. The Morgan fingerprint density at radius 3 is 2.21 bits per heavy atom. The molecule has 0 aliphatic rings. The first-order valence-electron chi connectivity index (χ1n) is 4.57. The number of carbonyl (C=O) groups is 1. The van der Waals surface area contributed by atoms with Gasteiger partial charge in [0, 0.05) is 6.42 Å². The van der Waals surface area contributed by atoms with Gasteiger partial charge in [0.15, 0.2) is 0 Å². The van der Waals surface area contributed by atoms with Crippen molar-refractivity contribution < 1.29 is 37.5 Å². The van der Waals surface area contributed by atoms with Crippen molar-refractivity contribution in [3.63, 3.8) is 0 Å². The third-order valence-corrected chi connectivity index (χ3v) is 1.96. The number of benzene rings is 1. The maximum atomic E-state index is 10.8. The molecule has 1 rings (SSSR count). The van der Waals surface area contributed by atoms with Crippen molar-refractivity contribution in [3.8, 4) is 0 Å². The summed E-state index contributed by atoms with van der Waals surface area (Å²) in [5.74, 6) is 0.253. The fourth-order valence-corrected chi connectivity index (χ4v) is 1.45. The Bertz CT molecular complexity index is 298. The first-order valence-corrected chi connectivity index (χ1v) is 4.57. The summed E-state index contributed by atoms with van der Waals surface area (Å²) in [6, 6.07) is 7.40. The zero-order chi connectivity index (χ0) is 9.84.